The van der Waals surface area contributed by atoms with Crippen LogP contribution in [-0.2, 0) is 0 Å². The van der Waals surface area contributed by atoms with E-state index in [9.17, 15) is 20.0 Å². The minimum Gasteiger partial charge on any atom is -0.392 e. The van der Waals surface area contributed by atoms with Crippen LogP contribution in [0.4, 0.5) is 11.4 Å². The van der Waals surface area contributed by atoms with E-state index in [4.69, 9.17) is 0 Å². The highest BCUT2D eigenvalue weighted by Gasteiger charge is 2.21. The third kappa shape index (κ3) is 3.92. The third-order valence-corrected chi connectivity index (χ3v) is 3.42. The Morgan fingerprint density at radius 1 is 1.22 bits per heavy atom. The average molecular weight is 314 g/mol. The number of aliphatic hydroxyl groups excluding tert-OH is 1. The summed E-state index contributed by atoms with van der Waals surface area (Å²) in [6.45, 7) is 1.86. The minimum atomic E-state index is -0.620. The van der Waals surface area contributed by atoms with E-state index in [1.807, 2.05) is 0 Å². The first-order valence-electron chi connectivity index (χ1n) is 7.17. The highest BCUT2D eigenvalue weighted by Crippen LogP contribution is 2.29. The molecule has 2 aromatic carbocycles. The fourth-order valence-electron chi connectivity index (χ4n) is 2.38. The van der Waals surface area contributed by atoms with Gasteiger partial charge in [-0.2, -0.15) is 0 Å². The van der Waals surface area contributed by atoms with Gasteiger partial charge in [0.25, 0.3) is 5.69 Å². The van der Waals surface area contributed by atoms with E-state index in [2.05, 4.69) is 0 Å². The van der Waals surface area contributed by atoms with Crippen molar-refractivity contribution in [3.8, 4) is 0 Å². The number of aliphatic hydroxyl groups is 1. The van der Waals surface area contributed by atoms with Crippen LogP contribution in [0.15, 0.2) is 48.5 Å². The number of hydrogen-bond donors (Lipinski definition) is 1. The lowest BCUT2D eigenvalue weighted by Gasteiger charge is -2.20. The second-order valence-corrected chi connectivity index (χ2v) is 5.39. The molecule has 1 unspecified atom stereocenters. The molecule has 0 radical (unpaired) electrons. The number of nitrogens with zero attached hydrogens (tertiary/aromatic N) is 2. The molecule has 0 aliphatic rings. The van der Waals surface area contributed by atoms with Crippen molar-refractivity contribution >= 4 is 17.2 Å². The lowest BCUT2D eigenvalue weighted by molar-refractivity contribution is -0.384. The van der Waals surface area contributed by atoms with Gasteiger partial charge in [-0.25, -0.2) is 0 Å². The number of hydrogen-bond acceptors (Lipinski definition) is 5. The number of rotatable bonds is 6. The van der Waals surface area contributed by atoms with E-state index in [0.29, 0.717) is 11.3 Å². The smallest absolute Gasteiger partial charge is 0.293 e. The summed E-state index contributed by atoms with van der Waals surface area (Å²) in [7, 11) is 1.66. The zero-order valence-corrected chi connectivity index (χ0v) is 13.0. The summed E-state index contributed by atoms with van der Waals surface area (Å²) in [6, 6.07) is 13.0. The van der Waals surface area contributed by atoms with Gasteiger partial charge in [-0.05, 0) is 19.1 Å². The number of nitro benzene ring substituents is 1. The summed E-state index contributed by atoms with van der Waals surface area (Å²) in [5.74, 6) is -0.265. The standard InChI is InChI=1S/C17H18N2O4/c1-12(20)11-18(2)15-9-8-14(10-16(15)19(22)23)17(21)13-6-4-3-5-7-13/h3-10,12,20H,11H2,1-2H3. The zero-order valence-electron chi connectivity index (χ0n) is 13.0. The van der Waals surface area contributed by atoms with E-state index < -0.39 is 11.0 Å². The molecular formula is C17H18N2O4. The number of likely N-dealkylation sites (N-methyl/N-ethyl adjacent to an activating group) is 1. The SMILES string of the molecule is CC(O)CN(C)c1ccc(C(=O)c2ccccc2)cc1[N+](=O)[O-]. The lowest BCUT2D eigenvalue weighted by Crippen LogP contribution is -2.27. The van der Waals surface area contributed by atoms with Crippen LogP contribution in [0.25, 0.3) is 0 Å². The Labute approximate surface area is 134 Å². The van der Waals surface area contributed by atoms with Crippen molar-refractivity contribution in [3.05, 3.63) is 69.8 Å². The Bertz CT molecular complexity index is 714. The predicted molar refractivity (Wildman–Crippen MR) is 87.9 cm³/mol. The molecule has 2 rings (SSSR count). The van der Waals surface area contributed by atoms with Crippen molar-refractivity contribution < 1.29 is 14.8 Å². The van der Waals surface area contributed by atoms with E-state index in [0.717, 1.165) is 0 Å². The van der Waals surface area contributed by atoms with Crippen molar-refractivity contribution in [2.45, 2.75) is 13.0 Å². The fourth-order valence-corrected chi connectivity index (χ4v) is 2.38. The van der Waals surface area contributed by atoms with Crippen molar-refractivity contribution in [2.75, 3.05) is 18.5 Å². The van der Waals surface area contributed by atoms with Crippen molar-refractivity contribution in [1.29, 1.82) is 0 Å². The maximum absolute atomic E-state index is 12.4. The molecule has 0 saturated carbocycles. The van der Waals surface area contributed by atoms with Crippen LogP contribution in [0.3, 0.4) is 0 Å². The predicted octanol–water partition coefficient (Wildman–Crippen LogP) is 2.64. The van der Waals surface area contributed by atoms with Gasteiger partial charge in [0, 0.05) is 30.8 Å². The molecule has 1 N–H and O–H groups in total. The molecular weight excluding hydrogens is 296 g/mol. The first-order valence-corrected chi connectivity index (χ1v) is 7.17. The molecule has 1 atom stereocenters. The van der Waals surface area contributed by atoms with E-state index in [1.54, 1.807) is 55.3 Å². The van der Waals surface area contributed by atoms with Crippen molar-refractivity contribution in [2.24, 2.45) is 0 Å². The molecule has 0 amide bonds. The summed E-state index contributed by atoms with van der Waals surface area (Å²) in [5.41, 5.74) is 0.944. The molecule has 0 aliphatic carbocycles. The van der Waals surface area contributed by atoms with Gasteiger partial charge in [0.2, 0.25) is 0 Å². The number of carbonyl (C=O) groups excluding carboxylic acids is 1. The van der Waals surface area contributed by atoms with Gasteiger partial charge in [0.15, 0.2) is 5.78 Å². The van der Waals surface area contributed by atoms with E-state index in [1.165, 1.54) is 12.1 Å². The molecule has 0 fully saturated rings. The average Bonchev–Trinajstić information content (AvgIpc) is 2.53. The van der Waals surface area contributed by atoms with Crippen molar-refractivity contribution in [3.63, 3.8) is 0 Å². The number of ketones is 1. The monoisotopic (exact) mass is 314 g/mol. The van der Waals surface area contributed by atoms with Gasteiger partial charge < -0.3 is 10.0 Å². The highest BCUT2D eigenvalue weighted by atomic mass is 16.6. The Kier molecular flexibility index (Phi) is 5.08. The normalized spacial score (nSPS) is 11.8. The van der Waals surface area contributed by atoms with E-state index >= 15 is 0 Å². The highest BCUT2D eigenvalue weighted by molar-refractivity contribution is 6.09. The maximum atomic E-state index is 12.4. The molecule has 0 bridgehead atoms. The number of nitro groups is 1. The van der Waals surface area contributed by atoms with Crippen LogP contribution >= 0.6 is 0 Å². The van der Waals surface area contributed by atoms with Gasteiger partial charge in [-0.15, -0.1) is 0 Å². The number of carbonyl (C=O) groups is 1. The summed E-state index contributed by atoms with van der Waals surface area (Å²) >= 11 is 0. The molecule has 0 aromatic heterocycles. The van der Waals surface area contributed by atoms with Crippen LogP contribution in [0.1, 0.15) is 22.8 Å². The zero-order chi connectivity index (χ0) is 17.0. The molecule has 23 heavy (non-hydrogen) atoms. The second kappa shape index (κ2) is 7.02. The number of benzene rings is 2. The molecule has 120 valence electrons. The molecule has 0 aliphatic heterocycles. The van der Waals surface area contributed by atoms with Crippen LogP contribution in [0.2, 0.25) is 0 Å². The van der Waals surface area contributed by atoms with Crippen LogP contribution < -0.4 is 4.90 Å². The topological polar surface area (TPSA) is 83.7 Å². The fraction of sp³-hybridized carbons (Fsp3) is 0.235. The molecule has 6 nitrogen and oxygen atoms in total. The molecule has 2 aromatic rings. The minimum absolute atomic E-state index is 0.157. The quantitative estimate of drug-likeness (QED) is 0.503. The molecule has 6 heteroatoms. The first-order chi connectivity index (χ1) is 10.9. The maximum Gasteiger partial charge on any atom is 0.293 e. The van der Waals surface area contributed by atoms with Gasteiger partial charge in [0.1, 0.15) is 5.69 Å². The molecule has 0 heterocycles. The van der Waals surface area contributed by atoms with Gasteiger partial charge in [0.05, 0.1) is 11.0 Å². The lowest BCUT2D eigenvalue weighted by atomic mass is 10.0. The second-order valence-electron chi connectivity index (χ2n) is 5.39. The van der Waals surface area contributed by atoms with Crippen LogP contribution in [-0.4, -0.2) is 35.5 Å². The Balaban J connectivity index is 2.40. The summed E-state index contributed by atoms with van der Waals surface area (Å²) in [4.78, 5) is 24.8. The summed E-state index contributed by atoms with van der Waals surface area (Å²) in [6.07, 6.45) is -0.620. The van der Waals surface area contributed by atoms with Gasteiger partial charge in [-0.1, -0.05) is 30.3 Å². The van der Waals surface area contributed by atoms with Gasteiger partial charge in [-0.3, -0.25) is 14.9 Å². The molecule has 0 spiro atoms. The van der Waals surface area contributed by atoms with E-state index in [-0.39, 0.29) is 23.6 Å². The van der Waals surface area contributed by atoms with Crippen LogP contribution in [0, 0.1) is 10.1 Å². The summed E-state index contributed by atoms with van der Waals surface area (Å²) < 4.78 is 0. The summed E-state index contributed by atoms with van der Waals surface area (Å²) in [5, 5.41) is 20.8. The largest absolute Gasteiger partial charge is 0.392 e. The Morgan fingerprint density at radius 3 is 2.43 bits per heavy atom. The Morgan fingerprint density at radius 2 is 1.87 bits per heavy atom. The number of anilines is 1. The van der Waals surface area contributed by atoms with Gasteiger partial charge >= 0.3 is 0 Å². The first kappa shape index (κ1) is 16.6. The van der Waals surface area contributed by atoms with Crippen molar-refractivity contribution in [1.82, 2.24) is 0 Å². The Hall–Kier alpha value is -2.73. The molecule has 0 saturated heterocycles. The third-order valence-electron chi connectivity index (χ3n) is 3.42. The van der Waals surface area contributed by atoms with Crippen LogP contribution in [0.5, 0.6) is 0 Å².